The molecule has 0 radical (unpaired) electrons. The minimum atomic E-state index is 0.122. The highest BCUT2D eigenvalue weighted by atomic mass is 16.2. The lowest BCUT2D eigenvalue weighted by atomic mass is 9.91. The Labute approximate surface area is 121 Å². The minimum Gasteiger partial charge on any atom is -0.317 e. The molecule has 0 atom stereocenters. The van der Waals surface area contributed by atoms with E-state index in [-0.39, 0.29) is 17.2 Å². The fraction of sp³-hybridized carbons (Fsp3) is 0.733. The Morgan fingerprint density at radius 1 is 1.45 bits per heavy atom. The van der Waals surface area contributed by atoms with Gasteiger partial charge in [-0.1, -0.05) is 20.8 Å². The van der Waals surface area contributed by atoms with Gasteiger partial charge in [-0.25, -0.2) is 0 Å². The summed E-state index contributed by atoms with van der Waals surface area (Å²) in [5.41, 5.74) is 1.23. The Morgan fingerprint density at radius 2 is 2.10 bits per heavy atom. The molecule has 2 N–H and O–H groups in total. The summed E-state index contributed by atoms with van der Waals surface area (Å²) < 4.78 is 1.76. The number of hydrogen-bond donors (Lipinski definition) is 2. The first-order valence-electron chi connectivity index (χ1n) is 7.40. The van der Waals surface area contributed by atoms with Crippen LogP contribution >= 0.6 is 0 Å². The summed E-state index contributed by atoms with van der Waals surface area (Å²) in [6.45, 7) is 8.43. The Balaban J connectivity index is 2.00. The molecule has 1 fully saturated rings. The van der Waals surface area contributed by atoms with Gasteiger partial charge in [-0.2, -0.15) is 5.10 Å². The third-order valence-electron chi connectivity index (χ3n) is 3.60. The molecule has 0 spiro atoms. The van der Waals surface area contributed by atoms with E-state index in [9.17, 15) is 4.79 Å². The van der Waals surface area contributed by atoms with Crippen LogP contribution in [0.3, 0.4) is 0 Å². The van der Waals surface area contributed by atoms with Gasteiger partial charge in [0.15, 0.2) is 0 Å². The smallest absolute Gasteiger partial charge is 0.228 e. The van der Waals surface area contributed by atoms with Gasteiger partial charge in [0.25, 0.3) is 0 Å². The number of anilines is 1. The van der Waals surface area contributed by atoms with Crippen LogP contribution in [-0.2, 0) is 18.3 Å². The first-order chi connectivity index (χ1) is 9.35. The standard InChI is InChI=1S/C15H26N4O/c1-15(2,3)10-12-9-13(19(4)18-12)17-14(20)11-5-7-16-8-6-11/h9,11,16H,5-8,10H2,1-4H3,(H,17,20). The zero-order valence-corrected chi connectivity index (χ0v) is 13.0. The number of rotatable bonds is 3. The maximum Gasteiger partial charge on any atom is 0.228 e. The Bertz CT molecular complexity index is 467. The fourth-order valence-corrected chi connectivity index (χ4v) is 2.59. The molecule has 2 heterocycles. The molecule has 0 bridgehead atoms. The highest BCUT2D eigenvalue weighted by Crippen LogP contribution is 2.22. The van der Waals surface area contributed by atoms with Gasteiger partial charge in [0, 0.05) is 19.0 Å². The average molecular weight is 278 g/mol. The molecule has 1 aromatic heterocycles. The van der Waals surface area contributed by atoms with Crippen molar-refractivity contribution < 1.29 is 4.79 Å². The van der Waals surface area contributed by atoms with Crippen LogP contribution < -0.4 is 10.6 Å². The third kappa shape index (κ3) is 4.07. The lowest BCUT2D eigenvalue weighted by molar-refractivity contribution is -0.120. The van der Waals surface area contributed by atoms with Crippen LogP contribution in [0.5, 0.6) is 0 Å². The molecule has 1 saturated heterocycles. The minimum absolute atomic E-state index is 0.122. The monoisotopic (exact) mass is 278 g/mol. The summed E-state index contributed by atoms with van der Waals surface area (Å²) in [6, 6.07) is 1.99. The predicted molar refractivity (Wildman–Crippen MR) is 80.6 cm³/mol. The van der Waals surface area contributed by atoms with Gasteiger partial charge in [0.1, 0.15) is 5.82 Å². The summed E-state index contributed by atoms with van der Waals surface area (Å²) in [5, 5.41) is 10.8. The van der Waals surface area contributed by atoms with Gasteiger partial charge in [0.2, 0.25) is 5.91 Å². The van der Waals surface area contributed by atoms with Crippen molar-refractivity contribution in [2.45, 2.75) is 40.0 Å². The molecular formula is C15H26N4O. The van der Waals surface area contributed by atoms with Crippen LogP contribution in [0, 0.1) is 11.3 Å². The highest BCUT2D eigenvalue weighted by molar-refractivity contribution is 5.91. The molecule has 0 aliphatic carbocycles. The van der Waals surface area contributed by atoms with E-state index in [0.717, 1.165) is 43.9 Å². The van der Waals surface area contributed by atoms with Gasteiger partial charge in [0.05, 0.1) is 5.69 Å². The van der Waals surface area contributed by atoms with Crippen LogP contribution in [-0.4, -0.2) is 28.8 Å². The maximum atomic E-state index is 12.2. The maximum absolute atomic E-state index is 12.2. The first-order valence-corrected chi connectivity index (χ1v) is 7.40. The highest BCUT2D eigenvalue weighted by Gasteiger charge is 2.22. The number of amides is 1. The Kier molecular flexibility index (Phi) is 4.48. The molecule has 1 aromatic rings. The van der Waals surface area contributed by atoms with E-state index in [1.807, 2.05) is 13.1 Å². The Hall–Kier alpha value is -1.36. The van der Waals surface area contributed by atoms with Crippen LogP contribution in [0.25, 0.3) is 0 Å². The number of aromatic nitrogens is 2. The van der Waals surface area contributed by atoms with Gasteiger partial charge in [-0.15, -0.1) is 0 Å². The average Bonchev–Trinajstić information content (AvgIpc) is 2.68. The third-order valence-corrected chi connectivity index (χ3v) is 3.60. The lowest BCUT2D eigenvalue weighted by Crippen LogP contribution is -2.34. The number of piperidine rings is 1. The molecule has 0 saturated carbocycles. The first kappa shape index (κ1) is 15.0. The molecule has 5 heteroatoms. The molecule has 5 nitrogen and oxygen atoms in total. The summed E-state index contributed by atoms with van der Waals surface area (Å²) in [4.78, 5) is 12.2. The fourth-order valence-electron chi connectivity index (χ4n) is 2.59. The van der Waals surface area contributed by atoms with Crippen LogP contribution in [0.15, 0.2) is 6.07 Å². The summed E-state index contributed by atoms with van der Waals surface area (Å²) in [6.07, 6.45) is 2.74. The number of hydrogen-bond acceptors (Lipinski definition) is 3. The van der Waals surface area contributed by atoms with Crippen molar-refractivity contribution in [1.82, 2.24) is 15.1 Å². The van der Waals surface area contributed by atoms with E-state index >= 15 is 0 Å². The van der Waals surface area contributed by atoms with Crippen molar-refractivity contribution in [1.29, 1.82) is 0 Å². The van der Waals surface area contributed by atoms with Crippen LogP contribution in [0.4, 0.5) is 5.82 Å². The second-order valence-electron chi connectivity index (χ2n) is 6.90. The second kappa shape index (κ2) is 5.95. The molecule has 0 aromatic carbocycles. The SMILES string of the molecule is Cn1nc(CC(C)(C)C)cc1NC(=O)C1CCNCC1. The largest absolute Gasteiger partial charge is 0.317 e. The topological polar surface area (TPSA) is 59.0 Å². The van der Waals surface area contributed by atoms with Crippen molar-refractivity contribution in [3.8, 4) is 0 Å². The van der Waals surface area contributed by atoms with E-state index in [1.54, 1.807) is 4.68 Å². The van der Waals surface area contributed by atoms with E-state index in [2.05, 4.69) is 36.5 Å². The zero-order valence-electron chi connectivity index (χ0n) is 13.0. The number of carbonyl (C=O) groups excluding carboxylic acids is 1. The number of nitrogens with zero attached hydrogens (tertiary/aromatic N) is 2. The van der Waals surface area contributed by atoms with Gasteiger partial charge in [-0.3, -0.25) is 9.48 Å². The van der Waals surface area contributed by atoms with Crippen molar-refractivity contribution >= 4 is 11.7 Å². The summed E-state index contributed by atoms with van der Waals surface area (Å²) in [7, 11) is 1.88. The van der Waals surface area contributed by atoms with E-state index in [0.29, 0.717) is 0 Å². The zero-order chi connectivity index (χ0) is 14.8. The van der Waals surface area contributed by atoms with Gasteiger partial charge >= 0.3 is 0 Å². The lowest BCUT2D eigenvalue weighted by Gasteiger charge is -2.21. The number of aryl methyl sites for hydroxylation is 1. The van der Waals surface area contributed by atoms with E-state index in [1.165, 1.54) is 0 Å². The summed E-state index contributed by atoms with van der Waals surface area (Å²) in [5.74, 6) is 1.04. The van der Waals surface area contributed by atoms with Crippen LogP contribution in [0.2, 0.25) is 0 Å². The summed E-state index contributed by atoms with van der Waals surface area (Å²) >= 11 is 0. The number of carbonyl (C=O) groups is 1. The van der Waals surface area contributed by atoms with E-state index < -0.39 is 0 Å². The van der Waals surface area contributed by atoms with Gasteiger partial charge in [-0.05, 0) is 37.8 Å². The Morgan fingerprint density at radius 3 is 2.70 bits per heavy atom. The van der Waals surface area contributed by atoms with E-state index in [4.69, 9.17) is 0 Å². The van der Waals surface area contributed by atoms with Crippen molar-refractivity contribution in [2.75, 3.05) is 18.4 Å². The molecule has 112 valence electrons. The van der Waals surface area contributed by atoms with Crippen LogP contribution in [0.1, 0.15) is 39.3 Å². The molecule has 0 unspecified atom stereocenters. The molecule has 1 aliphatic rings. The number of nitrogens with one attached hydrogen (secondary N) is 2. The van der Waals surface area contributed by atoms with Crippen molar-refractivity contribution in [3.05, 3.63) is 11.8 Å². The molecule has 2 rings (SSSR count). The van der Waals surface area contributed by atoms with Crippen molar-refractivity contribution in [3.63, 3.8) is 0 Å². The van der Waals surface area contributed by atoms with Gasteiger partial charge < -0.3 is 10.6 Å². The van der Waals surface area contributed by atoms with Crippen molar-refractivity contribution in [2.24, 2.45) is 18.4 Å². The predicted octanol–water partition coefficient (Wildman–Crippen LogP) is 1.95. The molecule has 1 aliphatic heterocycles. The normalized spacial score (nSPS) is 17.2. The second-order valence-corrected chi connectivity index (χ2v) is 6.90. The molecule has 20 heavy (non-hydrogen) atoms. The molecule has 1 amide bonds. The molecular weight excluding hydrogens is 252 g/mol. The quantitative estimate of drug-likeness (QED) is 0.888.